The van der Waals surface area contributed by atoms with Crippen LogP contribution in [0.4, 0.5) is 11.6 Å². The number of anilines is 2. The van der Waals surface area contributed by atoms with Gasteiger partial charge in [-0.25, -0.2) is 9.97 Å². The molecule has 92 valence electrons. The summed E-state index contributed by atoms with van der Waals surface area (Å²) in [5.41, 5.74) is 15.3. The lowest BCUT2D eigenvalue weighted by Crippen LogP contribution is -2.41. The van der Waals surface area contributed by atoms with Crippen LogP contribution in [0, 0.1) is 0 Å². The summed E-state index contributed by atoms with van der Waals surface area (Å²) < 4.78 is 0. The van der Waals surface area contributed by atoms with Gasteiger partial charge in [-0.05, 0) is 0 Å². The molecule has 2 amide bonds. The summed E-state index contributed by atoms with van der Waals surface area (Å²) in [4.78, 5) is 29.5. The van der Waals surface area contributed by atoms with Crippen molar-refractivity contribution >= 4 is 35.2 Å². The molecule has 0 radical (unpaired) electrons. The number of nitrogens with zero attached hydrogens (tertiary/aromatic N) is 2. The Hall–Kier alpha value is -2.03. The molecular formula is C8H12N6O2S. The molecule has 6 N–H and O–H groups in total. The van der Waals surface area contributed by atoms with E-state index in [1.54, 1.807) is 0 Å². The molecule has 17 heavy (non-hydrogen) atoms. The van der Waals surface area contributed by atoms with E-state index in [-0.39, 0.29) is 29.2 Å². The lowest BCUT2D eigenvalue weighted by molar-refractivity contribution is -0.126. The molecule has 1 rings (SSSR count). The standard InChI is InChI=1S/C8H12N6O2S/c1-4(15)13-14-7(16)3-17-8-11-5(9)2-6(10)12-8/h2H,3H2,1H3,(H,13,15)(H,14,16)(H4,9,10,11,12). The molecule has 9 heteroatoms. The maximum atomic E-state index is 11.2. The normalized spacial score (nSPS) is 9.71. The van der Waals surface area contributed by atoms with E-state index in [1.165, 1.54) is 13.0 Å². The Morgan fingerprint density at radius 3 is 2.41 bits per heavy atom. The minimum atomic E-state index is -0.380. The van der Waals surface area contributed by atoms with Crippen molar-refractivity contribution in [1.82, 2.24) is 20.8 Å². The monoisotopic (exact) mass is 256 g/mol. The molecule has 0 aliphatic heterocycles. The zero-order valence-corrected chi connectivity index (χ0v) is 9.87. The fourth-order valence-corrected chi connectivity index (χ4v) is 1.52. The van der Waals surface area contributed by atoms with Gasteiger partial charge in [0.05, 0.1) is 5.75 Å². The third-order valence-corrected chi connectivity index (χ3v) is 2.30. The molecule has 1 aromatic rings. The van der Waals surface area contributed by atoms with Crippen LogP contribution in [-0.2, 0) is 9.59 Å². The number of carbonyl (C=O) groups excluding carboxylic acids is 2. The van der Waals surface area contributed by atoms with E-state index in [1.807, 2.05) is 0 Å². The largest absolute Gasteiger partial charge is 0.383 e. The Kier molecular flexibility index (Phi) is 4.52. The summed E-state index contributed by atoms with van der Waals surface area (Å²) in [6.45, 7) is 1.29. The van der Waals surface area contributed by atoms with Gasteiger partial charge in [0.25, 0.3) is 0 Å². The van der Waals surface area contributed by atoms with Crippen LogP contribution < -0.4 is 22.3 Å². The molecular weight excluding hydrogens is 244 g/mol. The second kappa shape index (κ2) is 5.89. The van der Waals surface area contributed by atoms with Gasteiger partial charge in [-0.3, -0.25) is 20.4 Å². The van der Waals surface area contributed by atoms with Gasteiger partial charge in [0.1, 0.15) is 11.6 Å². The van der Waals surface area contributed by atoms with Crippen LogP contribution >= 0.6 is 11.8 Å². The first-order valence-electron chi connectivity index (χ1n) is 4.55. The summed E-state index contributed by atoms with van der Waals surface area (Å²) in [5, 5.41) is 0.306. The molecule has 1 aromatic heterocycles. The number of hydrogen-bond acceptors (Lipinski definition) is 7. The summed E-state index contributed by atoms with van der Waals surface area (Å²) in [7, 11) is 0. The van der Waals surface area contributed by atoms with Crippen molar-refractivity contribution in [2.45, 2.75) is 12.1 Å². The first-order chi connectivity index (χ1) is 7.97. The number of hydrazine groups is 1. The first kappa shape index (κ1) is 13.0. The highest BCUT2D eigenvalue weighted by atomic mass is 32.2. The predicted molar refractivity (Wildman–Crippen MR) is 63.5 cm³/mol. The molecule has 0 atom stereocenters. The number of nitrogens with two attached hydrogens (primary N) is 2. The zero-order valence-electron chi connectivity index (χ0n) is 9.06. The average Bonchev–Trinajstić information content (AvgIpc) is 2.22. The Bertz CT molecular complexity index is 418. The van der Waals surface area contributed by atoms with Crippen LogP contribution in [0.25, 0.3) is 0 Å². The number of thioether (sulfide) groups is 1. The van der Waals surface area contributed by atoms with Gasteiger partial charge in [0.15, 0.2) is 5.16 Å². The van der Waals surface area contributed by atoms with Crippen molar-refractivity contribution in [2.75, 3.05) is 17.2 Å². The summed E-state index contributed by atoms with van der Waals surface area (Å²) in [5.74, 6) is -0.212. The number of carbonyl (C=O) groups is 2. The molecule has 0 aliphatic rings. The van der Waals surface area contributed by atoms with E-state index in [9.17, 15) is 9.59 Å². The number of aromatic nitrogens is 2. The van der Waals surface area contributed by atoms with E-state index >= 15 is 0 Å². The molecule has 0 fully saturated rings. The molecule has 0 aliphatic carbocycles. The fraction of sp³-hybridized carbons (Fsp3) is 0.250. The number of hydrogen-bond donors (Lipinski definition) is 4. The van der Waals surface area contributed by atoms with Gasteiger partial charge in [-0.1, -0.05) is 11.8 Å². The topological polar surface area (TPSA) is 136 Å². The third kappa shape index (κ3) is 5.02. The van der Waals surface area contributed by atoms with E-state index in [0.717, 1.165) is 11.8 Å². The molecule has 8 nitrogen and oxygen atoms in total. The lowest BCUT2D eigenvalue weighted by Gasteiger charge is -2.04. The Balaban J connectivity index is 2.44. The Labute approximate surface area is 102 Å². The smallest absolute Gasteiger partial charge is 0.248 e. The highest BCUT2D eigenvalue weighted by molar-refractivity contribution is 7.99. The van der Waals surface area contributed by atoms with Crippen LogP contribution in [-0.4, -0.2) is 27.5 Å². The molecule has 1 heterocycles. The maximum Gasteiger partial charge on any atom is 0.248 e. The number of amides is 2. The minimum absolute atomic E-state index is 0.0448. The lowest BCUT2D eigenvalue weighted by atomic mass is 10.5. The molecule has 0 bridgehead atoms. The second-order valence-electron chi connectivity index (χ2n) is 3.02. The number of rotatable bonds is 3. The Morgan fingerprint density at radius 2 is 1.88 bits per heavy atom. The van der Waals surface area contributed by atoms with Gasteiger partial charge in [-0.15, -0.1) is 0 Å². The van der Waals surface area contributed by atoms with Gasteiger partial charge in [0, 0.05) is 13.0 Å². The molecule has 0 spiro atoms. The van der Waals surface area contributed by atoms with E-state index in [4.69, 9.17) is 11.5 Å². The van der Waals surface area contributed by atoms with Crippen molar-refractivity contribution in [2.24, 2.45) is 0 Å². The van der Waals surface area contributed by atoms with E-state index in [2.05, 4.69) is 20.8 Å². The molecule has 0 unspecified atom stereocenters. The zero-order chi connectivity index (χ0) is 12.8. The predicted octanol–water partition coefficient (Wildman–Crippen LogP) is -1.10. The fourth-order valence-electron chi connectivity index (χ4n) is 0.850. The number of nitrogens with one attached hydrogen (secondary N) is 2. The van der Waals surface area contributed by atoms with Gasteiger partial charge < -0.3 is 11.5 Å². The van der Waals surface area contributed by atoms with Crippen LogP contribution in [0.15, 0.2) is 11.2 Å². The highest BCUT2D eigenvalue weighted by Crippen LogP contribution is 2.15. The van der Waals surface area contributed by atoms with Gasteiger partial charge >= 0.3 is 0 Å². The van der Waals surface area contributed by atoms with Crippen LogP contribution in [0.2, 0.25) is 0 Å². The summed E-state index contributed by atoms with van der Waals surface area (Å²) in [6.07, 6.45) is 0. The first-order valence-corrected chi connectivity index (χ1v) is 5.54. The van der Waals surface area contributed by atoms with Gasteiger partial charge in [0.2, 0.25) is 11.8 Å². The minimum Gasteiger partial charge on any atom is -0.383 e. The second-order valence-corrected chi connectivity index (χ2v) is 3.96. The summed E-state index contributed by atoms with van der Waals surface area (Å²) >= 11 is 1.06. The molecule has 0 aromatic carbocycles. The van der Waals surface area contributed by atoms with Crippen LogP contribution in [0.1, 0.15) is 6.92 Å². The van der Waals surface area contributed by atoms with Gasteiger partial charge in [-0.2, -0.15) is 0 Å². The van der Waals surface area contributed by atoms with Crippen molar-refractivity contribution in [3.8, 4) is 0 Å². The van der Waals surface area contributed by atoms with Crippen molar-refractivity contribution in [1.29, 1.82) is 0 Å². The third-order valence-electron chi connectivity index (χ3n) is 1.46. The highest BCUT2D eigenvalue weighted by Gasteiger charge is 2.06. The van der Waals surface area contributed by atoms with Crippen LogP contribution in [0.5, 0.6) is 0 Å². The van der Waals surface area contributed by atoms with E-state index in [0.29, 0.717) is 5.16 Å². The average molecular weight is 256 g/mol. The SMILES string of the molecule is CC(=O)NNC(=O)CSc1nc(N)cc(N)n1. The maximum absolute atomic E-state index is 11.2. The summed E-state index contributed by atoms with van der Waals surface area (Å²) in [6, 6.07) is 1.42. The van der Waals surface area contributed by atoms with Crippen molar-refractivity contribution in [3.05, 3.63) is 6.07 Å². The number of nitrogen functional groups attached to an aromatic ring is 2. The Morgan fingerprint density at radius 1 is 1.29 bits per heavy atom. The van der Waals surface area contributed by atoms with Crippen molar-refractivity contribution in [3.63, 3.8) is 0 Å². The molecule has 0 saturated carbocycles. The van der Waals surface area contributed by atoms with Crippen LogP contribution in [0.3, 0.4) is 0 Å². The van der Waals surface area contributed by atoms with E-state index < -0.39 is 0 Å². The molecule has 0 saturated heterocycles. The quantitative estimate of drug-likeness (QED) is 0.306. The van der Waals surface area contributed by atoms with Crippen molar-refractivity contribution < 1.29 is 9.59 Å².